The Hall–Kier alpha value is -1.47. The first-order valence-electron chi connectivity index (χ1n) is 6.26. The van der Waals surface area contributed by atoms with Gasteiger partial charge >= 0.3 is 6.18 Å². The molecule has 1 unspecified atom stereocenters. The molecule has 2 nitrogen and oxygen atoms in total. The summed E-state index contributed by atoms with van der Waals surface area (Å²) in [5.41, 5.74) is -0.125. The van der Waals surface area contributed by atoms with Gasteiger partial charge in [0.25, 0.3) is 0 Å². The van der Waals surface area contributed by atoms with Crippen LogP contribution < -0.4 is 5.32 Å². The summed E-state index contributed by atoms with van der Waals surface area (Å²) in [6.45, 7) is 1.84. The van der Waals surface area contributed by atoms with Gasteiger partial charge in [0.15, 0.2) is 0 Å². The van der Waals surface area contributed by atoms with E-state index in [0.717, 1.165) is 28.9 Å². The summed E-state index contributed by atoms with van der Waals surface area (Å²) in [5, 5.41) is 5.54. The highest BCUT2D eigenvalue weighted by molar-refractivity contribution is 7.09. The van der Waals surface area contributed by atoms with Gasteiger partial charge in [-0.15, -0.1) is 11.3 Å². The molecule has 2 aromatic rings. The second kappa shape index (κ2) is 6.11. The van der Waals surface area contributed by atoms with Gasteiger partial charge in [-0.05, 0) is 32.2 Å². The SMILES string of the molecule is CNC(Cc1csc(C)n1)c1cc(C(F)(F)F)ccc1F. The zero-order valence-corrected chi connectivity index (χ0v) is 12.3. The summed E-state index contributed by atoms with van der Waals surface area (Å²) < 4.78 is 52.1. The molecule has 0 spiro atoms. The highest BCUT2D eigenvalue weighted by Crippen LogP contribution is 2.32. The lowest BCUT2D eigenvalue weighted by Gasteiger charge is -2.18. The van der Waals surface area contributed by atoms with Crippen LogP contribution in [0.15, 0.2) is 23.6 Å². The topological polar surface area (TPSA) is 24.9 Å². The number of hydrogen-bond donors (Lipinski definition) is 1. The normalized spacial score (nSPS) is 13.4. The highest BCUT2D eigenvalue weighted by Gasteiger charge is 2.32. The van der Waals surface area contributed by atoms with Gasteiger partial charge in [0.1, 0.15) is 5.82 Å². The number of thiazole rings is 1. The molecular weight excluding hydrogens is 304 g/mol. The maximum atomic E-state index is 13.9. The third-order valence-electron chi connectivity index (χ3n) is 3.13. The van der Waals surface area contributed by atoms with Crippen molar-refractivity contribution in [3.8, 4) is 0 Å². The van der Waals surface area contributed by atoms with E-state index in [-0.39, 0.29) is 5.56 Å². The van der Waals surface area contributed by atoms with Crippen LogP contribution in [0.2, 0.25) is 0 Å². The first-order valence-corrected chi connectivity index (χ1v) is 7.14. The van der Waals surface area contributed by atoms with E-state index in [2.05, 4.69) is 10.3 Å². The number of hydrogen-bond acceptors (Lipinski definition) is 3. The fourth-order valence-corrected chi connectivity index (χ4v) is 2.69. The van der Waals surface area contributed by atoms with Gasteiger partial charge in [0, 0.05) is 23.4 Å². The van der Waals surface area contributed by atoms with Gasteiger partial charge in [-0.1, -0.05) is 0 Å². The van der Waals surface area contributed by atoms with Crippen molar-refractivity contribution in [1.29, 1.82) is 0 Å². The van der Waals surface area contributed by atoms with Crippen LogP contribution in [-0.4, -0.2) is 12.0 Å². The molecule has 1 heterocycles. The Morgan fingerprint density at radius 1 is 1.33 bits per heavy atom. The second-order valence-corrected chi connectivity index (χ2v) is 5.70. The van der Waals surface area contributed by atoms with Crippen molar-refractivity contribution >= 4 is 11.3 Å². The Balaban J connectivity index is 2.33. The van der Waals surface area contributed by atoms with E-state index in [1.807, 2.05) is 12.3 Å². The van der Waals surface area contributed by atoms with Crippen molar-refractivity contribution in [3.05, 3.63) is 51.2 Å². The Morgan fingerprint density at radius 3 is 2.57 bits per heavy atom. The molecule has 7 heteroatoms. The molecule has 1 aromatic heterocycles. The van der Waals surface area contributed by atoms with Crippen molar-refractivity contribution in [2.24, 2.45) is 0 Å². The summed E-state index contributed by atoms with van der Waals surface area (Å²) >= 11 is 1.45. The quantitative estimate of drug-likeness (QED) is 0.858. The standard InChI is InChI=1S/C14H14F4N2S/c1-8-20-10(7-21-8)6-13(19-2)11-5-9(14(16,17)18)3-4-12(11)15/h3-5,7,13,19H,6H2,1-2H3. The summed E-state index contributed by atoms with van der Waals surface area (Å²) in [6, 6.07) is 1.90. The minimum absolute atomic E-state index is 0.00187. The largest absolute Gasteiger partial charge is 0.416 e. The highest BCUT2D eigenvalue weighted by atomic mass is 32.1. The van der Waals surface area contributed by atoms with Gasteiger partial charge in [-0.2, -0.15) is 13.2 Å². The van der Waals surface area contributed by atoms with Crippen LogP contribution in [0.25, 0.3) is 0 Å². The summed E-state index contributed by atoms with van der Waals surface area (Å²) in [5.74, 6) is -0.658. The number of alkyl halides is 3. The molecular formula is C14H14F4N2S. The molecule has 1 N–H and O–H groups in total. The maximum Gasteiger partial charge on any atom is 0.416 e. The number of nitrogens with one attached hydrogen (secondary N) is 1. The first kappa shape index (κ1) is 15.9. The number of halogens is 4. The molecule has 21 heavy (non-hydrogen) atoms. The Kier molecular flexibility index (Phi) is 4.63. The molecule has 0 aliphatic carbocycles. The summed E-state index contributed by atoms with van der Waals surface area (Å²) in [4.78, 5) is 4.26. The van der Waals surface area contributed by atoms with E-state index >= 15 is 0 Å². The van der Waals surface area contributed by atoms with Crippen LogP contribution in [0.1, 0.15) is 27.9 Å². The Bertz CT molecular complexity index is 622. The van der Waals surface area contributed by atoms with Crippen molar-refractivity contribution in [2.75, 3.05) is 7.05 Å². The predicted octanol–water partition coefficient (Wildman–Crippen LogP) is 4.11. The number of aryl methyl sites for hydroxylation is 1. The molecule has 0 aliphatic rings. The van der Waals surface area contributed by atoms with Gasteiger partial charge in [-0.3, -0.25) is 0 Å². The predicted molar refractivity (Wildman–Crippen MR) is 73.8 cm³/mol. The van der Waals surface area contributed by atoms with E-state index < -0.39 is 23.6 Å². The first-order chi connectivity index (χ1) is 9.81. The molecule has 0 saturated heterocycles. The molecule has 0 amide bonds. The number of aromatic nitrogens is 1. The van der Waals surface area contributed by atoms with Crippen molar-refractivity contribution < 1.29 is 17.6 Å². The lowest BCUT2D eigenvalue weighted by molar-refractivity contribution is -0.137. The maximum absolute atomic E-state index is 13.9. The number of nitrogens with zero attached hydrogens (tertiary/aromatic N) is 1. The lowest BCUT2D eigenvalue weighted by Crippen LogP contribution is -2.21. The van der Waals surface area contributed by atoms with E-state index in [1.165, 1.54) is 11.3 Å². The number of benzene rings is 1. The van der Waals surface area contributed by atoms with Crippen LogP contribution in [0.4, 0.5) is 17.6 Å². The van der Waals surface area contributed by atoms with Crippen LogP contribution in [0.3, 0.4) is 0 Å². The van der Waals surface area contributed by atoms with Gasteiger partial charge in [-0.25, -0.2) is 9.37 Å². The van der Waals surface area contributed by atoms with Crippen LogP contribution in [0, 0.1) is 12.7 Å². The third kappa shape index (κ3) is 3.79. The molecule has 0 radical (unpaired) electrons. The van der Waals surface area contributed by atoms with Gasteiger partial charge in [0.05, 0.1) is 16.3 Å². The minimum Gasteiger partial charge on any atom is -0.313 e. The Morgan fingerprint density at radius 2 is 2.05 bits per heavy atom. The fourth-order valence-electron chi connectivity index (χ4n) is 2.07. The monoisotopic (exact) mass is 318 g/mol. The van der Waals surface area contributed by atoms with Crippen LogP contribution >= 0.6 is 11.3 Å². The molecule has 0 saturated carbocycles. The smallest absolute Gasteiger partial charge is 0.313 e. The summed E-state index contributed by atoms with van der Waals surface area (Å²) in [7, 11) is 1.59. The van der Waals surface area contributed by atoms with E-state index in [9.17, 15) is 17.6 Å². The van der Waals surface area contributed by atoms with E-state index in [1.54, 1.807) is 7.05 Å². The molecule has 0 aliphatic heterocycles. The lowest BCUT2D eigenvalue weighted by atomic mass is 9.99. The molecule has 1 aromatic carbocycles. The van der Waals surface area contributed by atoms with Crippen molar-refractivity contribution in [3.63, 3.8) is 0 Å². The second-order valence-electron chi connectivity index (χ2n) is 4.64. The van der Waals surface area contributed by atoms with E-state index in [4.69, 9.17) is 0 Å². The van der Waals surface area contributed by atoms with Gasteiger partial charge < -0.3 is 5.32 Å². The van der Waals surface area contributed by atoms with Gasteiger partial charge in [0.2, 0.25) is 0 Å². The van der Waals surface area contributed by atoms with Crippen LogP contribution in [0.5, 0.6) is 0 Å². The Labute approximate surface area is 123 Å². The fraction of sp³-hybridized carbons (Fsp3) is 0.357. The molecule has 0 fully saturated rings. The molecule has 0 bridgehead atoms. The zero-order valence-electron chi connectivity index (χ0n) is 11.5. The average molecular weight is 318 g/mol. The minimum atomic E-state index is -4.49. The molecule has 2 rings (SSSR count). The number of rotatable bonds is 4. The molecule has 1 atom stereocenters. The third-order valence-corrected chi connectivity index (χ3v) is 3.95. The number of likely N-dealkylation sites (N-methyl/N-ethyl adjacent to an activating group) is 1. The van der Waals surface area contributed by atoms with Crippen LogP contribution in [-0.2, 0) is 12.6 Å². The molecule has 114 valence electrons. The zero-order chi connectivity index (χ0) is 15.6. The average Bonchev–Trinajstić information content (AvgIpc) is 2.81. The summed E-state index contributed by atoms with van der Waals surface area (Å²) in [6.07, 6.45) is -4.16. The van der Waals surface area contributed by atoms with Crippen molar-refractivity contribution in [2.45, 2.75) is 25.6 Å². The van der Waals surface area contributed by atoms with Crippen molar-refractivity contribution in [1.82, 2.24) is 10.3 Å². The van der Waals surface area contributed by atoms with E-state index in [0.29, 0.717) is 6.42 Å².